The maximum atomic E-state index is 13.4. The van der Waals surface area contributed by atoms with Gasteiger partial charge in [0.25, 0.3) is 0 Å². The first-order valence-electron chi connectivity index (χ1n) is 10.5. The number of thiophene rings is 1. The Bertz CT molecular complexity index is 1570. The monoisotopic (exact) mass is 459 g/mol. The van der Waals surface area contributed by atoms with Gasteiger partial charge < -0.3 is 9.26 Å². The number of fused-ring (bicyclic) bond motifs is 3. The molecule has 4 aromatic heterocycles. The number of nitrogens with zero attached hydrogens (tertiary/aromatic N) is 5. The first-order valence-corrected chi connectivity index (χ1v) is 11.3. The number of nitriles is 1. The third kappa shape index (κ3) is 3.39. The largest absolute Gasteiger partial charge is 0.496 e. The van der Waals surface area contributed by atoms with E-state index in [1.807, 2.05) is 43.5 Å². The number of benzene rings is 1. The smallest absolute Gasteiger partial charge is 0.329 e. The van der Waals surface area contributed by atoms with Gasteiger partial charge in [-0.2, -0.15) is 5.26 Å². The number of rotatable bonds is 6. The number of aryl methyl sites for hydroxylation is 3. The van der Waals surface area contributed by atoms with Crippen LogP contribution >= 0.6 is 11.3 Å². The summed E-state index contributed by atoms with van der Waals surface area (Å²) in [6, 6.07) is 9.98. The fourth-order valence-corrected chi connectivity index (χ4v) is 5.03. The number of ether oxygens (including phenoxy) is 1. The molecule has 166 valence electrons. The predicted octanol–water partition coefficient (Wildman–Crippen LogP) is 4.66. The number of methoxy groups -OCH3 is 1. The molecule has 0 saturated heterocycles. The van der Waals surface area contributed by atoms with Gasteiger partial charge in [0, 0.05) is 22.4 Å². The lowest BCUT2D eigenvalue weighted by molar-refractivity contribution is 0.393. The van der Waals surface area contributed by atoms with E-state index in [1.165, 1.54) is 0 Å². The average molecular weight is 460 g/mol. The molecule has 0 fully saturated rings. The van der Waals surface area contributed by atoms with Gasteiger partial charge in [0.05, 0.1) is 60.1 Å². The van der Waals surface area contributed by atoms with Crippen molar-refractivity contribution >= 4 is 33.3 Å². The normalized spacial score (nSPS) is 11.3. The van der Waals surface area contributed by atoms with Gasteiger partial charge in [-0.15, -0.1) is 11.3 Å². The van der Waals surface area contributed by atoms with Crippen molar-refractivity contribution < 1.29 is 9.26 Å². The molecule has 1 aromatic carbocycles. The molecule has 8 nitrogen and oxygen atoms in total. The SMILES string of the molecule is COc1cc2c(cc1-c1c(C)noc1C)ncc1c2n(Cc2cccs2)c(=O)n1CCC#N. The first kappa shape index (κ1) is 21.0. The van der Waals surface area contributed by atoms with Crippen molar-refractivity contribution in [3.63, 3.8) is 0 Å². The summed E-state index contributed by atoms with van der Waals surface area (Å²) in [5, 5.41) is 16.0. The Morgan fingerprint density at radius 3 is 2.79 bits per heavy atom. The van der Waals surface area contributed by atoms with Gasteiger partial charge in [-0.05, 0) is 37.4 Å². The Labute approximate surface area is 193 Å². The molecule has 0 spiro atoms. The molecule has 0 unspecified atom stereocenters. The van der Waals surface area contributed by atoms with Crippen LogP contribution in [0.2, 0.25) is 0 Å². The lowest BCUT2D eigenvalue weighted by atomic mass is 10.0. The summed E-state index contributed by atoms with van der Waals surface area (Å²) in [4.78, 5) is 19.1. The highest BCUT2D eigenvalue weighted by Crippen LogP contribution is 2.39. The van der Waals surface area contributed by atoms with Crippen LogP contribution in [0.4, 0.5) is 0 Å². The van der Waals surface area contributed by atoms with Crippen LogP contribution < -0.4 is 10.4 Å². The van der Waals surface area contributed by atoms with Crippen LogP contribution in [0.25, 0.3) is 33.1 Å². The van der Waals surface area contributed by atoms with Crippen molar-refractivity contribution in [1.82, 2.24) is 19.3 Å². The van der Waals surface area contributed by atoms with Gasteiger partial charge in [0.1, 0.15) is 11.5 Å². The summed E-state index contributed by atoms with van der Waals surface area (Å²) in [6.07, 6.45) is 1.95. The number of pyridine rings is 1. The minimum atomic E-state index is -0.156. The maximum Gasteiger partial charge on any atom is 0.329 e. The van der Waals surface area contributed by atoms with Crippen molar-refractivity contribution in [3.05, 3.63) is 62.7 Å². The number of hydrogen-bond acceptors (Lipinski definition) is 7. The molecule has 0 aliphatic carbocycles. The zero-order valence-electron chi connectivity index (χ0n) is 18.5. The van der Waals surface area contributed by atoms with Crippen molar-refractivity contribution in [2.24, 2.45) is 0 Å². The Morgan fingerprint density at radius 1 is 1.27 bits per heavy atom. The second-order valence-electron chi connectivity index (χ2n) is 7.77. The molecule has 0 N–H and O–H groups in total. The molecule has 0 radical (unpaired) electrons. The van der Waals surface area contributed by atoms with E-state index in [1.54, 1.807) is 33.8 Å². The van der Waals surface area contributed by atoms with Crippen molar-refractivity contribution in [2.45, 2.75) is 33.4 Å². The van der Waals surface area contributed by atoms with Gasteiger partial charge in [0.15, 0.2) is 0 Å². The molecular formula is C24H21N5O3S. The summed E-state index contributed by atoms with van der Waals surface area (Å²) in [6.45, 7) is 4.51. The molecule has 4 heterocycles. The van der Waals surface area contributed by atoms with Gasteiger partial charge >= 0.3 is 5.69 Å². The summed E-state index contributed by atoms with van der Waals surface area (Å²) in [5.74, 6) is 1.34. The number of hydrogen-bond donors (Lipinski definition) is 0. The topological polar surface area (TPSA) is 98.9 Å². The second kappa shape index (κ2) is 8.22. The molecular weight excluding hydrogens is 438 g/mol. The van der Waals surface area contributed by atoms with Gasteiger partial charge in [0.2, 0.25) is 0 Å². The Morgan fingerprint density at radius 2 is 2.12 bits per heavy atom. The number of imidazole rings is 1. The van der Waals surface area contributed by atoms with Crippen LogP contribution in [-0.4, -0.2) is 26.4 Å². The molecule has 33 heavy (non-hydrogen) atoms. The van der Waals surface area contributed by atoms with Crippen molar-refractivity contribution in [1.29, 1.82) is 5.26 Å². The Balaban J connectivity index is 1.83. The Hall–Kier alpha value is -3.90. The van der Waals surface area contributed by atoms with Crippen LogP contribution in [0.5, 0.6) is 5.75 Å². The van der Waals surface area contributed by atoms with Crippen molar-refractivity contribution in [2.75, 3.05) is 7.11 Å². The minimum Gasteiger partial charge on any atom is -0.496 e. The summed E-state index contributed by atoms with van der Waals surface area (Å²) in [5.41, 5.74) is 4.53. The molecule has 5 aromatic rings. The molecule has 5 rings (SSSR count). The third-order valence-electron chi connectivity index (χ3n) is 5.81. The van der Waals surface area contributed by atoms with E-state index in [9.17, 15) is 4.79 Å². The fourth-order valence-electron chi connectivity index (χ4n) is 4.33. The van der Waals surface area contributed by atoms with E-state index in [-0.39, 0.29) is 12.1 Å². The van der Waals surface area contributed by atoms with Crippen LogP contribution in [-0.2, 0) is 13.1 Å². The molecule has 0 aliphatic heterocycles. The number of aromatic nitrogens is 4. The third-order valence-corrected chi connectivity index (χ3v) is 6.67. The molecule has 9 heteroatoms. The highest BCUT2D eigenvalue weighted by molar-refractivity contribution is 7.09. The van der Waals surface area contributed by atoms with Gasteiger partial charge in [-0.3, -0.25) is 14.1 Å². The molecule has 0 bridgehead atoms. The standard InChI is InChI=1S/C24H21N5O3S/c1-14-22(15(2)32-27-14)18-10-19-17(11-21(18)31-3)23-20(12-26-19)28(8-5-7-25)24(30)29(23)13-16-6-4-9-33-16/h4,6,9-12H,5,8,13H2,1-3H3. The van der Waals surface area contributed by atoms with E-state index in [0.29, 0.717) is 30.1 Å². The first-order chi connectivity index (χ1) is 16.0. The molecule has 0 aliphatic rings. The molecule has 0 saturated carbocycles. The lowest BCUT2D eigenvalue weighted by Crippen LogP contribution is -2.24. The zero-order valence-corrected chi connectivity index (χ0v) is 19.3. The van der Waals surface area contributed by atoms with Crippen LogP contribution in [0, 0.1) is 25.2 Å². The maximum absolute atomic E-state index is 13.4. The van der Waals surface area contributed by atoms with Crippen molar-refractivity contribution in [3.8, 4) is 22.9 Å². The van der Waals surface area contributed by atoms with E-state index < -0.39 is 0 Å². The second-order valence-corrected chi connectivity index (χ2v) is 8.80. The summed E-state index contributed by atoms with van der Waals surface area (Å²) < 4.78 is 14.5. The van der Waals surface area contributed by atoms with Crippen LogP contribution in [0.3, 0.4) is 0 Å². The highest BCUT2D eigenvalue weighted by atomic mass is 32.1. The quantitative estimate of drug-likeness (QED) is 0.366. The zero-order chi connectivity index (χ0) is 23.1. The summed E-state index contributed by atoms with van der Waals surface area (Å²) in [7, 11) is 1.62. The van der Waals surface area contributed by atoms with E-state index in [0.717, 1.165) is 38.1 Å². The van der Waals surface area contributed by atoms with Gasteiger partial charge in [-0.1, -0.05) is 11.2 Å². The van der Waals surface area contributed by atoms with Crippen LogP contribution in [0.15, 0.2) is 45.2 Å². The van der Waals surface area contributed by atoms with Crippen LogP contribution in [0.1, 0.15) is 22.8 Å². The fraction of sp³-hybridized carbons (Fsp3) is 0.250. The average Bonchev–Trinajstić information content (AvgIpc) is 3.51. The van der Waals surface area contributed by atoms with E-state index in [2.05, 4.69) is 16.2 Å². The Kier molecular flexibility index (Phi) is 5.23. The van der Waals surface area contributed by atoms with E-state index >= 15 is 0 Å². The van der Waals surface area contributed by atoms with E-state index in [4.69, 9.17) is 14.5 Å². The minimum absolute atomic E-state index is 0.156. The molecule has 0 amide bonds. The lowest BCUT2D eigenvalue weighted by Gasteiger charge is -2.12. The highest BCUT2D eigenvalue weighted by Gasteiger charge is 2.21. The van der Waals surface area contributed by atoms with Gasteiger partial charge in [-0.25, -0.2) is 4.79 Å². The summed E-state index contributed by atoms with van der Waals surface area (Å²) >= 11 is 1.60. The molecule has 0 atom stereocenters. The predicted molar refractivity (Wildman–Crippen MR) is 127 cm³/mol.